The Hall–Kier alpha value is -1.32. The Balaban J connectivity index is 2.13. The second-order valence-electron chi connectivity index (χ2n) is 3.93. The van der Waals surface area contributed by atoms with Crippen LogP contribution in [0.3, 0.4) is 0 Å². The van der Waals surface area contributed by atoms with Gasteiger partial charge < -0.3 is 5.32 Å². The van der Waals surface area contributed by atoms with Crippen molar-refractivity contribution in [3.05, 3.63) is 18.5 Å². The van der Waals surface area contributed by atoms with Gasteiger partial charge in [0.15, 0.2) is 0 Å². The smallest absolute Gasteiger partial charge is 0.223 e. The summed E-state index contributed by atoms with van der Waals surface area (Å²) < 4.78 is 1.88. The van der Waals surface area contributed by atoms with Gasteiger partial charge >= 0.3 is 0 Å². The van der Waals surface area contributed by atoms with Crippen molar-refractivity contribution in [3.63, 3.8) is 0 Å². The summed E-state index contributed by atoms with van der Waals surface area (Å²) in [6.07, 6.45) is 6.46. The first-order chi connectivity index (χ1) is 7.77. The number of nitrogens with zero attached hydrogens (tertiary/aromatic N) is 2. The van der Waals surface area contributed by atoms with Gasteiger partial charge in [0.1, 0.15) is 0 Å². The Morgan fingerprint density at radius 1 is 1.44 bits per heavy atom. The molecule has 0 saturated heterocycles. The third-order valence-electron chi connectivity index (χ3n) is 2.78. The number of amides is 1. The maximum absolute atomic E-state index is 11.6. The number of aromatic nitrogens is 2. The van der Waals surface area contributed by atoms with Crippen molar-refractivity contribution in [2.75, 3.05) is 6.54 Å². The maximum Gasteiger partial charge on any atom is 0.223 e. The largest absolute Gasteiger partial charge is 0.356 e. The fourth-order valence-corrected chi connectivity index (χ4v) is 1.69. The lowest BCUT2D eigenvalue weighted by Crippen LogP contribution is -2.31. The standard InChI is InChI=1S/C12H21N3O/c1-3-11(4-2)12(16)13-7-5-9-15-10-6-8-14-15/h6,8,10-11H,3-5,7,9H2,1-2H3,(H,13,16). The highest BCUT2D eigenvalue weighted by Crippen LogP contribution is 2.06. The van der Waals surface area contributed by atoms with E-state index in [0.29, 0.717) is 0 Å². The third kappa shape index (κ3) is 4.04. The monoisotopic (exact) mass is 223 g/mol. The molecule has 1 aromatic rings. The molecule has 1 aromatic heterocycles. The Morgan fingerprint density at radius 3 is 2.75 bits per heavy atom. The highest BCUT2D eigenvalue weighted by molar-refractivity contribution is 5.78. The number of carbonyl (C=O) groups excluding carboxylic acids is 1. The van der Waals surface area contributed by atoms with Crippen LogP contribution < -0.4 is 5.32 Å². The first-order valence-electron chi connectivity index (χ1n) is 6.03. The molecule has 4 heteroatoms. The lowest BCUT2D eigenvalue weighted by atomic mass is 10.0. The fraction of sp³-hybridized carbons (Fsp3) is 0.667. The first kappa shape index (κ1) is 12.7. The van der Waals surface area contributed by atoms with Gasteiger partial charge in [0, 0.05) is 31.4 Å². The Morgan fingerprint density at radius 2 is 2.19 bits per heavy atom. The molecule has 0 aliphatic carbocycles. The zero-order valence-corrected chi connectivity index (χ0v) is 10.1. The predicted octanol–water partition coefficient (Wildman–Crippen LogP) is 1.83. The van der Waals surface area contributed by atoms with Gasteiger partial charge in [0.2, 0.25) is 5.91 Å². The molecule has 1 heterocycles. The van der Waals surface area contributed by atoms with Crippen LogP contribution in [-0.4, -0.2) is 22.2 Å². The van der Waals surface area contributed by atoms with Crippen LogP contribution in [0.1, 0.15) is 33.1 Å². The average molecular weight is 223 g/mol. The van der Waals surface area contributed by atoms with E-state index in [4.69, 9.17) is 0 Å². The van der Waals surface area contributed by atoms with Gasteiger partial charge in [-0.25, -0.2) is 0 Å². The van der Waals surface area contributed by atoms with E-state index >= 15 is 0 Å². The molecule has 16 heavy (non-hydrogen) atoms. The lowest BCUT2D eigenvalue weighted by Gasteiger charge is -2.12. The molecule has 1 N–H and O–H groups in total. The van der Waals surface area contributed by atoms with E-state index in [-0.39, 0.29) is 11.8 Å². The van der Waals surface area contributed by atoms with Gasteiger partial charge in [-0.2, -0.15) is 5.10 Å². The van der Waals surface area contributed by atoms with Crippen molar-refractivity contribution in [3.8, 4) is 0 Å². The molecule has 0 saturated carbocycles. The fourth-order valence-electron chi connectivity index (χ4n) is 1.69. The van der Waals surface area contributed by atoms with E-state index in [1.54, 1.807) is 6.20 Å². The number of carbonyl (C=O) groups is 1. The highest BCUT2D eigenvalue weighted by atomic mass is 16.1. The molecule has 0 aromatic carbocycles. The van der Waals surface area contributed by atoms with Gasteiger partial charge in [-0.15, -0.1) is 0 Å². The highest BCUT2D eigenvalue weighted by Gasteiger charge is 2.12. The molecule has 1 rings (SSSR count). The zero-order valence-electron chi connectivity index (χ0n) is 10.1. The number of hydrogen-bond acceptors (Lipinski definition) is 2. The van der Waals surface area contributed by atoms with Crippen molar-refractivity contribution < 1.29 is 4.79 Å². The Bertz CT molecular complexity index is 291. The molecule has 0 atom stereocenters. The van der Waals surface area contributed by atoms with Crippen LogP contribution in [0.5, 0.6) is 0 Å². The van der Waals surface area contributed by atoms with Crippen LogP contribution in [0.25, 0.3) is 0 Å². The summed E-state index contributed by atoms with van der Waals surface area (Å²) in [5, 5.41) is 7.07. The number of nitrogens with one attached hydrogen (secondary N) is 1. The van der Waals surface area contributed by atoms with E-state index in [9.17, 15) is 4.79 Å². The molecule has 0 radical (unpaired) electrons. The summed E-state index contributed by atoms with van der Waals surface area (Å²) in [6.45, 7) is 5.69. The normalized spacial score (nSPS) is 10.7. The average Bonchev–Trinajstić information content (AvgIpc) is 2.79. The van der Waals surface area contributed by atoms with Gasteiger partial charge in [-0.05, 0) is 25.3 Å². The molecular formula is C12H21N3O. The Labute approximate surface area is 97.0 Å². The molecule has 0 unspecified atom stereocenters. The second-order valence-corrected chi connectivity index (χ2v) is 3.93. The predicted molar refractivity (Wildman–Crippen MR) is 63.9 cm³/mol. The molecule has 0 bridgehead atoms. The van der Waals surface area contributed by atoms with E-state index in [0.717, 1.165) is 32.4 Å². The van der Waals surface area contributed by atoms with Gasteiger partial charge in [-0.1, -0.05) is 13.8 Å². The molecule has 0 fully saturated rings. The minimum Gasteiger partial charge on any atom is -0.356 e. The topological polar surface area (TPSA) is 46.9 Å². The Kier molecular flexibility index (Phi) is 5.61. The van der Waals surface area contributed by atoms with Crippen LogP contribution in [0.2, 0.25) is 0 Å². The molecule has 0 aliphatic rings. The number of rotatable bonds is 7. The van der Waals surface area contributed by atoms with Crippen molar-refractivity contribution >= 4 is 5.91 Å². The van der Waals surface area contributed by atoms with Crippen LogP contribution in [0.15, 0.2) is 18.5 Å². The van der Waals surface area contributed by atoms with Crippen LogP contribution in [0.4, 0.5) is 0 Å². The molecule has 0 spiro atoms. The summed E-state index contributed by atoms with van der Waals surface area (Å²) in [6, 6.07) is 1.91. The zero-order chi connectivity index (χ0) is 11.8. The number of hydrogen-bond donors (Lipinski definition) is 1. The second kappa shape index (κ2) is 7.04. The van der Waals surface area contributed by atoms with E-state index in [1.165, 1.54) is 0 Å². The van der Waals surface area contributed by atoms with E-state index < -0.39 is 0 Å². The molecule has 90 valence electrons. The summed E-state index contributed by atoms with van der Waals surface area (Å²) in [5.41, 5.74) is 0. The molecule has 1 amide bonds. The van der Waals surface area contributed by atoms with Crippen molar-refractivity contribution in [1.29, 1.82) is 0 Å². The van der Waals surface area contributed by atoms with Crippen molar-refractivity contribution in [2.24, 2.45) is 5.92 Å². The van der Waals surface area contributed by atoms with Gasteiger partial charge in [-0.3, -0.25) is 9.48 Å². The lowest BCUT2D eigenvalue weighted by molar-refractivity contribution is -0.125. The minimum atomic E-state index is 0.171. The third-order valence-corrected chi connectivity index (χ3v) is 2.78. The van der Waals surface area contributed by atoms with Crippen LogP contribution >= 0.6 is 0 Å². The maximum atomic E-state index is 11.6. The summed E-state index contributed by atoms with van der Waals surface area (Å²) in [4.78, 5) is 11.6. The first-order valence-corrected chi connectivity index (χ1v) is 6.03. The summed E-state index contributed by atoms with van der Waals surface area (Å²) in [5.74, 6) is 0.357. The summed E-state index contributed by atoms with van der Waals surface area (Å²) in [7, 11) is 0. The van der Waals surface area contributed by atoms with Gasteiger partial charge in [0.25, 0.3) is 0 Å². The van der Waals surface area contributed by atoms with E-state index in [2.05, 4.69) is 24.3 Å². The molecule has 4 nitrogen and oxygen atoms in total. The van der Waals surface area contributed by atoms with Gasteiger partial charge in [0.05, 0.1) is 0 Å². The summed E-state index contributed by atoms with van der Waals surface area (Å²) >= 11 is 0. The molecular weight excluding hydrogens is 202 g/mol. The van der Waals surface area contributed by atoms with Crippen molar-refractivity contribution in [2.45, 2.75) is 39.7 Å². The van der Waals surface area contributed by atoms with Crippen LogP contribution in [0, 0.1) is 5.92 Å². The van der Waals surface area contributed by atoms with E-state index in [1.807, 2.05) is 16.9 Å². The SMILES string of the molecule is CCC(CC)C(=O)NCCCn1cccn1. The van der Waals surface area contributed by atoms with Crippen molar-refractivity contribution in [1.82, 2.24) is 15.1 Å². The quantitative estimate of drug-likeness (QED) is 0.717. The van der Waals surface area contributed by atoms with Crippen LogP contribution in [-0.2, 0) is 11.3 Å². The molecule has 0 aliphatic heterocycles. The minimum absolute atomic E-state index is 0.171. The number of aryl methyl sites for hydroxylation is 1.